The van der Waals surface area contributed by atoms with E-state index < -0.39 is 5.97 Å². The lowest BCUT2D eigenvalue weighted by atomic mass is 9.83. The summed E-state index contributed by atoms with van der Waals surface area (Å²) in [6.07, 6.45) is 5.10. The van der Waals surface area contributed by atoms with Crippen molar-refractivity contribution in [2.75, 3.05) is 6.61 Å². The number of benzene rings is 1. The molecule has 0 saturated heterocycles. The second kappa shape index (κ2) is 5.54. The van der Waals surface area contributed by atoms with Gasteiger partial charge < -0.3 is 9.84 Å². The molecule has 1 aliphatic carbocycles. The smallest absolute Gasteiger partial charge is 0.336 e. The highest BCUT2D eigenvalue weighted by Crippen LogP contribution is 2.29. The van der Waals surface area contributed by atoms with Crippen LogP contribution in [-0.4, -0.2) is 17.7 Å². The summed E-state index contributed by atoms with van der Waals surface area (Å²) >= 11 is 3.23. The van der Waals surface area contributed by atoms with E-state index in [1.54, 1.807) is 18.2 Å². The third-order valence-corrected chi connectivity index (χ3v) is 3.85. The van der Waals surface area contributed by atoms with Crippen molar-refractivity contribution >= 4 is 21.9 Å². The lowest BCUT2D eigenvalue weighted by molar-refractivity contribution is 0.0696. The van der Waals surface area contributed by atoms with Crippen molar-refractivity contribution in [3.8, 4) is 5.75 Å². The minimum Gasteiger partial charge on any atom is -0.494 e. The van der Waals surface area contributed by atoms with Crippen LogP contribution < -0.4 is 4.74 Å². The molecule has 0 atom stereocenters. The second-order valence-corrected chi connectivity index (χ2v) is 5.24. The molecule has 2 rings (SSSR count). The third-order valence-electron chi connectivity index (χ3n) is 3.19. The molecule has 1 fully saturated rings. The SMILES string of the molecule is O=C(O)c1ccc(OCCC2CCC2)cc1Br. The molecular weight excluding hydrogens is 284 g/mol. The molecule has 0 radical (unpaired) electrons. The fourth-order valence-corrected chi connectivity index (χ4v) is 2.41. The van der Waals surface area contributed by atoms with E-state index in [1.165, 1.54) is 19.3 Å². The van der Waals surface area contributed by atoms with E-state index in [2.05, 4.69) is 15.9 Å². The summed E-state index contributed by atoms with van der Waals surface area (Å²) in [7, 11) is 0. The van der Waals surface area contributed by atoms with Crippen LogP contribution in [0.2, 0.25) is 0 Å². The van der Waals surface area contributed by atoms with Crippen LogP contribution in [0.1, 0.15) is 36.0 Å². The quantitative estimate of drug-likeness (QED) is 0.901. The predicted octanol–water partition coefficient (Wildman–Crippen LogP) is 3.72. The molecule has 0 aromatic heterocycles. The maximum Gasteiger partial charge on any atom is 0.336 e. The Labute approximate surface area is 109 Å². The van der Waals surface area contributed by atoms with Crippen molar-refractivity contribution in [1.29, 1.82) is 0 Å². The molecule has 0 spiro atoms. The maximum absolute atomic E-state index is 10.8. The summed E-state index contributed by atoms with van der Waals surface area (Å²) in [6.45, 7) is 0.712. The molecule has 17 heavy (non-hydrogen) atoms. The molecule has 1 saturated carbocycles. The van der Waals surface area contributed by atoms with Gasteiger partial charge in [-0.2, -0.15) is 0 Å². The lowest BCUT2D eigenvalue weighted by Crippen LogP contribution is -2.14. The minimum atomic E-state index is -0.933. The lowest BCUT2D eigenvalue weighted by Gasteiger charge is -2.25. The molecule has 3 nitrogen and oxygen atoms in total. The Balaban J connectivity index is 1.88. The first kappa shape index (κ1) is 12.4. The number of carbonyl (C=O) groups is 1. The van der Waals surface area contributed by atoms with Crippen LogP contribution in [0, 0.1) is 5.92 Å². The van der Waals surface area contributed by atoms with E-state index in [-0.39, 0.29) is 5.56 Å². The highest BCUT2D eigenvalue weighted by atomic mass is 79.9. The molecule has 0 heterocycles. The average molecular weight is 299 g/mol. The van der Waals surface area contributed by atoms with Crippen molar-refractivity contribution in [1.82, 2.24) is 0 Å². The fraction of sp³-hybridized carbons (Fsp3) is 0.462. The summed E-state index contributed by atoms with van der Waals surface area (Å²) in [5.41, 5.74) is 0.261. The predicted molar refractivity (Wildman–Crippen MR) is 68.6 cm³/mol. The van der Waals surface area contributed by atoms with Gasteiger partial charge >= 0.3 is 5.97 Å². The van der Waals surface area contributed by atoms with E-state index in [0.717, 1.165) is 18.1 Å². The fourth-order valence-electron chi connectivity index (χ4n) is 1.88. The Morgan fingerprint density at radius 1 is 1.47 bits per heavy atom. The second-order valence-electron chi connectivity index (χ2n) is 4.38. The number of rotatable bonds is 5. The number of carboxylic acid groups (broad SMARTS) is 1. The Morgan fingerprint density at radius 2 is 2.24 bits per heavy atom. The Bertz CT molecular complexity index is 413. The zero-order chi connectivity index (χ0) is 12.3. The maximum atomic E-state index is 10.8. The average Bonchev–Trinajstić information content (AvgIpc) is 2.21. The van der Waals surface area contributed by atoms with Crippen LogP contribution in [0.3, 0.4) is 0 Å². The number of carboxylic acids is 1. The molecule has 1 N–H and O–H groups in total. The molecular formula is C13H15BrO3. The zero-order valence-corrected chi connectivity index (χ0v) is 11.1. The van der Waals surface area contributed by atoms with Gasteiger partial charge in [0.1, 0.15) is 5.75 Å². The van der Waals surface area contributed by atoms with E-state index in [1.807, 2.05) is 0 Å². The summed E-state index contributed by atoms with van der Waals surface area (Å²) in [5, 5.41) is 8.87. The summed E-state index contributed by atoms with van der Waals surface area (Å²) < 4.78 is 6.17. The van der Waals surface area contributed by atoms with Crippen LogP contribution in [0.5, 0.6) is 5.75 Å². The van der Waals surface area contributed by atoms with Crippen molar-refractivity contribution in [2.24, 2.45) is 5.92 Å². The zero-order valence-electron chi connectivity index (χ0n) is 9.49. The number of ether oxygens (including phenoxy) is 1. The van der Waals surface area contributed by atoms with Crippen LogP contribution in [0.4, 0.5) is 0 Å². The molecule has 1 aliphatic rings. The van der Waals surface area contributed by atoms with Crippen LogP contribution in [0.25, 0.3) is 0 Å². The molecule has 92 valence electrons. The van der Waals surface area contributed by atoms with Gasteiger partial charge in [-0.05, 0) is 46.5 Å². The summed E-state index contributed by atoms with van der Waals surface area (Å²) in [4.78, 5) is 10.8. The van der Waals surface area contributed by atoms with Gasteiger partial charge in [0.25, 0.3) is 0 Å². The van der Waals surface area contributed by atoms with Gasteiger partial charge in [0.2, 0.25) is 0 Å². The Kier molecular flexibility index (Phi) is 4.05. The van der Waals surface area contributed by atoms with Crippen molar-refractivity contribution < 1.29 is 14.6 Å². The molecule has 1 aromatic rings. The van der Waals surface area contributed by atoms with Crippen LogP contribution in [-0.2, 0) is 0 Å². The summed E-state index contributed by atoms with van der Waals surface area (Å²) in [5.74, 6) is 0.621. The topological polar surface area (TPSA) is 46.5 Å². The van der Waals surface area contributed by atoms with Crippen molar-refractivity contribution in [3.63, 3.8) is 0 Å². The van der Waals surface area contributed by atoms with E-state index in [9.17, 15) is 4.79 Å². The highest BCUT2D eigenvalue weighted by Gasteiger charge is 2.17. The van der Waals surface area contributed by atoms with Gasteiger partial charge in [-0.3, -0.25) is 0 Å². The first-order valence-electron chi connectivity index (χ1n) is 5.82. The molecule has 0 aliphatic heterocycles. The van der Waals surface area contributed by atoms with E-state index in [4.69, 9.17) is 9.84 Å². The standard InChI is InChI=1S/C13H15BrO3/c14-12-8-10(4-5-11(12)13(15)16)17-7-6-9-2-1-3-9/h4-5,8-9H,1-3,6-7H2,(H,15,16). The Hall–Kier alpha value is -1.03. The molecule has 4 heteroatoms. The highest BCUT2D eigenvalue weighted by molar-refractivity contribution is 9.10. The summed E-state index contributed by atoms with van der Waals surface area (Å²) in [6, 6.07) is 4.98. The molecule has 0 bridgehead atoms. The first-order valence-corrected chi connectivity index (χ1v) is 6.62. The molecule has 1 aromatic carbocycles. The monoisotopic (exact) mass is 298 g/mol. The molecule has 0 amide bonds. The Morgan fingerprint density at radius 3 is 2.76 bits per heavy atom. The van der Waals surface area contributed by atoms with Gasteiger partial charge in [0, 0.05) is 4.47 Å². The van der Waals surface area contributed by atoms with Crippen molar-refractivity contribution in [2.45, 2.75) is 25.7 Å². The minimum absolute atomic E-state index is 0.261. The molecule has 0 unspecified atom stereocenters. The van der Waals surface area contributed by atoms with Crippen molar-refractivity contribution in [3.05, 3.63) is 28.2 Å². The first-order chi connectivity index (χ1) is 8.16. The van der Waals surface area contributed by atoms with Gasteiger partial charge in [-0.25, -0.2) is 4.79 Å². The number of hydrogen-bond acceptors (Lipinski definition) is 2. The van der Waals surface area contributed by atoms with Gasteiger partial charge in [0.05, 0.1) is 12.2 Å². The van der Waals surface area contributed by atoms with E-state index >= 15 is 0 Å². The van der Waals surface area contributed by atoms with Crippen LogP contribution >= 0.6 is 15.9 Å². The number of aromatic carboxylic acids is 1. The number of halogens is 1. The third kappa shape index (κ3) is 3.22. The van der Waals surface area contributed by atoms with E-state index in [0.29, 0.717) is 11.1 Å². The normalized spacial score (nSPS) is 15.4. The largest absolute Gasteiger partial charge is 0.494 e. The van der Waals surface area contributed by atoms with Crippen LogP contribution in [0.15, 0.2) is 22.7 Å². The van der Waals surface area contributed by atoms with Gasteiger partial charge in [-0.15, -0.1) is 0 Å². The number of hydrogen-bond donors (Lipinski definition) is 1. The van der Waals surface area contributed by atoms with Gasteiger partial charge in [0.15, 0.2) is 0 Å². The van der Waals surface area contributed by atoms with Gasteiger partial charge in [-0.1, -0.05) is 19.3 Å².